The molecule has 1 saturated carbocycles. The molecule has 7 heteroatoms. The zero-order valence-corrected chi connectivity index (χ0v) is 10.00. The van der Waals surface area contributed by atoms with E-state index in [-0.39, 0.29) is 12.5 Å². The van der Waals surface area contributed by atoms with E-state index in [9.17, 15) is 14.4 Å². The number of carbonyl (C=O) groups is 3. The largest absolute Gasteiger partial charge is 0.481 e. The summed E-state index contributed by atoms with van der Waals surface area (Å²) in [5.74, 6) is -2.90. The molecule has 1 saturated heterocycles. The van der Waals surface area contributed by atoms with Crippen LogP contribution in [0.15, 0.2) is 0 Å². The topological polar surface area (TPSA) is 93.1 Å². The van der Waals surface area contributed by atoms with Gasteiger partial charge in [-0.05, 0) is 6.42 Å². The Morgan fingerprint density at radius 3 is 2.61 bits per heavy atom. The van der Waals surface area contributed by atoms with E-state index in [4.69, 9.17) is 9.84 Å². The van der Waals surface area contributed by atoms with Gasteiger partial charge in [0.05, 0.1) is 32.2 Å². The molecule has 1 heterocycles. The Morgan fingerprint density at radius 2 is 2.06 bits per heavy atom. The number of carboxylic acid groups (broad SMARTS) is 1. The van der Waals surface area contributed by atoms with Crippen molar-refractivity contribution < 1.29 is 29.0 Å². The Balaban J connectivity index is 2.03. The summed E-state index contributed by atoms with van der Waals surface area (Å²) < 4.78 is 9.76. The molecule has 0 aromatic carbocycles. The van der Waals surface area contributed by atoms with Crippen molar-refractivity contribution in [1.82, 2.24) is 4.90 Å². The van der Waals surface area contributed by atoms with Gasteiger partial charge in [-0.3, -0.25) is 9.59 Å². The Kier molecular flexibility index (Phi) is 3.51. The van der Waals surface area contributed by atoms with Crippen molar-refractivity contribution in [2.75, 3.05) is 26.9 Å². The van der Waals surface area contributed by atoms with Crippen molar-refractivity contribution in [2.45, 2.75) is 12.5 Å². The van der Waals surface area contributed by atoms with E-state index in [0.29, 0.717) is 19.6 Å². The highest BCUT2D eigenvalue weighted by Gasteiger charge is 2.51. The number of hydrogen-bond donors (Lipinski definition) is 1. The van der Waals surface area contributed by atoms with Crippen molar-refractivity contribution in [3.8, 4) is 0 Å². The summed E-state index contributed by atoms with van der Waals surface area (Å²) in [5.41, 5.74) is 0. The summed E-state index contributed by atoms with van der Waals surface area (Å²) in [6.45, 7) is 0.744. The lowest BCUT2D eigenvalue weighted by Crippen LogP contribution is -2.53. The van der Waals surface area contributed by atoms with Crippen LogP contribution < -0.4 is 0 Å². The molecule has 2 rings (SSSR count). The lowest BCUT2D eigenvalue weighted by Gasteiger charge is -2.33. The summed E-state index contributed by atoms with van der Waals surface area (Å²) in [6.07, 6.45) is 0.347. The third kappa shape index (κ3) is 2.31. The summed E-state index contributed by atoms with van der Waals surface area (Å²) in [5, 5.41) is 8.81. The van der Waals surface area contributed by atoms with Gasteiger partial charge in [0.2, 0.25) is 5.91 Å². The molecule has 3 atom stereocenters. The van der Waals surface area contributed by atoms with Gasteiger partial charge < -0.3 is 19.5 Å². The van der Waals surface area contributed by atoms with Crippen molar-refractivity contribution in [3.63, 3.8) is 0 Å². The number of morpholine rings is 1. The number of esters is 1. The lowest BCUT2D eigenvalue weighted by atomic mass is 10.2. The number of ether oxygens (including phenoxy) is 2. The lowest BCUT2D eigenvalue weighted by molar-refractivity contribution is -0.161. The van der Waals surface area contributed by atoms with Crippen LogP contribution >= 0.6 is 0 Å². The van der Waals surface area contributed by atoms with Gasteiger partial charge >= 0.3 is 11.9 Å². The standard InChI is InChI=1S/C11H15NO6/c1-17-11(16)8-5-18-3-2-12(8)9(13)6-4-7(6)10(14)15/h6-8H,2-5H2,1H3,(H,14,15). The first-order valence-electron chi connectivity index (χ1n) is 5.75. The SMILES string of the molecule is COC(=O)C1COCCN1C(=O)C1CC1C(=O)O. The molecule has 1 N–H and O–H groups in total. The zero-order chi connectivity index (χ0) is 13.3. The van der Waals surface area contributed by atoms with Crippen molar-refractivity contribution in [1.29, 1.82) is 0 Å². The van der Waals surface area contributed by atoms with Crippen LogP contribution in [0.3, 0.4) is 0 Å². The van der Waals surface area contributed by atoms with E-state index >= 15 is 0 Å². The minimum absolute atomic E-state index is 0.100. The number of rotatable bonds is 3. The highest BCUT2D eigenvalue weighted by atomic mass is 16.5. The van der Waals surface area contributed by atoms with Crippen LogP contribution in [0.2, 0.25) is 0 Å². The predicted octanol–water partition coefficient (Wildman–Crippen LogP) is -0.892. The zero-order valence-electron chi connectivity index (χ0n) is 10.00. The second-order valence-electron chi connectivity index (χ2n) is 4.43. The van der Waals surface area contributed by atoms with Gasteiger partial charge in [0.15, 0.2) is 6.04 Å². The van der Waals surface area contributed by atoms with E-state index in [1.807, 2.05) is 0 Å². The Bertz CT molecular complexity index is 382. The molecule has 0 spiro atoms. The number of carboxylic acids is 1. The van der Waals surface area contributed by atoms with Crippen LogP contribution in [0.4, 0.5) is 0 Å². The average molecular weight is 257 g/mol. The first-order chi connectivity index (χ1) is 8.56. The smallest absolute Gasteiger partial charge is 0.331 e. The molecule has 2 fully saturated rings. The molecule has 18 heavy (non-hydrogen) atoms. The average Bonchev–Trinajstić information content (AvgIpc) is 3.17. The molecule has 0 aromatic rings. The molecular formula is C11H15NO6. The number of hydrogen-bond acceptors (Lipinski definition) is 5. The quantitative estimate of drug-likeness (QED) is 0.659. The fourth-order valence-electron chi connectivity index (χ4n) is 2.15. The van der Waals surface area contributed by atoms with Crippen molar-refractivity contribution in [2.24, 2.45) is 11.8 Å². The van der Waals surface area contributed by atoms with E-state index < -0.39 is 29.8 Å². The van der Waals surface area contributed by atoms with E-state index in [1.165, 1.54) is 12.0 Å². The normalized spacial score (nSPS) is 30.7. The van der Waals surface area contributed by atoms with Gasteiger partial charge in [-0.2, -0.15) is 0 Å². The molecule has 1 amide bonds. The maximum Gasteiger partial charge on any atom is 0.331 e. The van der Waals surface area contributed by atoms with Gasteiger partial charge in [0, 0.05) is 6.54 Å². The van der Waals surface area contributed by atoms with Crippen molar-refractivity contribution >= 4 is 17.8 Å². The Labute approximate surface area is 104 Å². The van der Waals surface area contributed by atoms with Gasteiger partial charge in [-0.15, -0.1) is 0 Å². The van der Waals surface area contributed by atoms with Crippen LogP contribution in [-0.4, -0.2) is 60.8 Å². The molecule has 0 bridgehead atoms. The maximum atomic E-state index is 12.1. The monoisotopic (exact) mass is 257 g/mol. The van der Waals surface area contributed by atoms with Gasteiger partial charge in [0.25, 0.3) is 0 Å². The van der Waals surface area contributed by atoms with Gasteiger partial charge in [-0.25, -0.2) is 4.79 Å². The molecule has 2 aliphatic rings. The fraction of sp³-hybridized carbons (Fsp3) is 0.727. The number of nitrogens with zero attached hydrogens (tertiary/aromatic N) is 1. The summed E-state index contributed by atoms with van der Waals surface area (Å²) in [7, 11) is 1.25. The number of amides is 1. The van der Waals surface area contributed by atoms with Crippen LogP contribution in [-0.2, 0) is 23.9 Å². The highest BCUT2D eigenvalue weighted by molar-refractivity contribution is 5.92. The molecule has 0 radical (unpaired) electrons. The molecule has 7 nitrogen and oxygen atoms in total. The van der Waals surface area contributed by atoms with Crippen LogP contribution in [0.25, 0.3) is 0 Å². The number of methoxy groups -OCH3 is 1. The Hall–Kier alpha value is -1.63. The van der Waals surface area contributed by atoms with Crippen LogP contribution in [0.5, 0.6) is 0 Å². The third-order valence-corrected chi connectivity index (χ3v) is 3.31. The van der Waals surface area contributed by atoms with Gasteiger partial charge in [-0.1, -0.05) is 0 Å². The fourth-order valence-corrected chi connectivity index (χ4v) is 2.15. The van der Waals surface area contributed by atoms with Crippen LogP contribution in [0.1, 0.15) is 6.42 Å². The maximum absolute atomic E-state index is 12.1. The highest BCUT2D eigenvalue weighted by Crippen LogP contribution is 2.40. The first kappa shape index (κ1) is 12.8. The molecule has 0 aromatic heterocycles. The number of aliphatic carboxylic acids is 1. The number of carbonyl (C=O) groups excluding carboxylic acids is 2. The van der Waals surface area contributed by atoms with E-state index in [2.05, 4.69) is 4.74 Å². The Morgan fingerprint density at radius 1 is 1.33 bits per heavy atom. The van der Waals surface area contributed by atoms with E-state index in [1.54, 1.807) is 0 Å². The van der Waals surface area contributed by atoms with E-state index in [0.717, 1.165) is 0 Å². The second-order valence-corrected chi connectivity index (χ2v) is 4.43. The van der Waals surface area contributed by atoms with Gasteiger partial charge in [0.1, 0.15) is 0 Å². The third-order valence-electron chi connectivity index (χ3n) is 3.31. The van der Waals surface area contributed by atoms with Crippen LogP contribution in [0, 0.1) is 11.8 Å². The predicted molar refractivity (Wildman–Crippen MR) is 57.6 cm³/mol. The molecule has 3 unspecified atom stereocenters. The van der Waals surface area contributed by atoms with Crippen molar-refractivity contribution in [3.05, 3.63) is 0 Å². The second kappa shape index (κ2) is 4.93. The molecule has 100 valence electrons. The summed E-state index contributed by atoms with van der Waals surface area (Å²) in [6, 6.07) is -0.758. The minimum atomic E-state index is -0.962. The molecular weight excluding hydrogens is 242 g/mol. The molecule has 1 aliphatic heterocycles. The molecule has 1 aliphatic carbocycles. The summed E-state index contributed by atoms with van der Waals surface area (Å²) >= 11 is 0. The minimum Gasteiger partial charge on any atom is -0.481 e. The summed E-state index contributed by atoms with van der Waals surface area (Å²) in [4.78, 5) is 35.8. The first-order valence-corrected chi connectivity index (χ1v) is 5.75.